The highest BCUT2D eigenvalue weighted by Gasteiger charge is 2.24. The van der Waals surface area contributed by atoms with Gasteiger partial charge in [-0.25, -0.2) is 5.48 Å². The van der Waals surface area contributed by atoms with Crippen LogP contribution < -0.4 is 16.1 Å². The van der Waals surface area contributed by atoms with Gasteiger partial charge in [0.15, 0.2) is 0 Å². The van der Waals surface area contributed by atoms with E-state index in [0.717, 1.165) is 22.5 Å². The number of carbonyl (C=O) groups is 3. The molecule has 1 heterocycles. The predicted molar refractivity (Wildman–Crippen MR) is 105 cm³/mol. The number of H-pyrrole nitrogens is 1. The number of fused-ring (bicyclic) bond motifs is 1. The minimum atomic E-state index is -0.815. The SMILES string of the molecule is CNC(=O)[C@H](Cc1c[nH]c2ccccc12)NC(=O)/C(=C/C(=O)NO)CC(C)C. The fourth-order valence-electron chi connectivity index (χ4n) is 3.00. The largest absolute Gasteiger partial charge is 0.361 e. The Morgan fingerprint density at radius 1 is 1.21 bits per heavy atom. The molecule has 0 fully saturated rings. The van der Waals surface area contributed by atoms with Crippen LogP contribution in [0.5, 0.6) is 0 Å². The summed E-state index contributed by atoms with van der Waals surface area (Å²) >= 11 is 0. The minimum Gasteiger partial charge on any atom is -0.361 e. The number of hydrogen-bond donors (Lipinski definition) is 5. The summed E-state index contributed by atoms with van der Waals surface area (Å²) in [5, 5.41) is 15.0. The first-order valence-corrected chi connectivity index (χ1v) is 9.07. The van der Waals surface area contributed by atoms with Crippen LogP contribution in [0.4, 0.5) is 0 Å². The molecule has 150 valence electrons. The highest BCUT2D eigenvalue weighted by molar-refractivity contribution is 6.02. The summed E-state index contributed by atoms with van der Waals surface area (Å²) in [5.41, 5.74) is 3.52. The highest BCUT2D eigenvalue weighted by Crippen LogP contribution is 2.19. The maximum Gasteiger partial charge on any atom is 0.267 e. The monoisotopic (exact) mass is 386 g/mol. The Morgan fingerprint density at radius 3 is 2.57 bits per heavy atom. The smallest absolute Gasteiger partial charge is 0.267 e. The second-order valence-corrected chi connectivity index (χ2v) is 6.95. The number of hydroxylamine groups is 1. The Labute approximate surface area is 163 Å². The Morgan fingerprint density at radius 2 is 1.93 bits per heavy atom. The fraction of sp³-hybridized carbons (Fsp3) is 0.350. The lowest BCUT2D eigenvalue weighted by Crippen LogP contribution is -2.47. The topological polar surface area (TPSA) is 123 Å². The molecule has 8 nitrogen and oxygen atoms in total. The number of nitrogens with one attached hydrogen (secondary N) is 4. The van der Waals surface area contributed by atoms with E-state index in [1.807, 2.05) is 44.3 Å². The maximum atomic E-state index is 12.7. The van der Waals surface area contributed by atoms with Gasteiger partial charge in [0.05, 0.1) is 0 Å². The van der Waals surface area contributed by atoms with E-state index < -0.39 is 17.9 Å². The van der Waals surface area contributed by atoms with Crippen molar-refractivity contribution < 1.29 is 19.6 Å². The maximum absolute atomic E-state index is 12.7. The van der Waals surface area contributed by atoms with Crippen LogP contribution in [0.3, 0.4) is 0 Å². The third kappa shape index (κ3) is 5.43. The molecule has 0 spiro atoms. The van der Waals surface area contributed by atoms with Gasteiger partial charge in [-0.1, -0.05) is 32.0 Å². The number of rotatable bonds is 8. The van der Waals surface area contributed by atoms with Gasteiger partial charge in [0.25, 0.3) is 5.91 Å². The molecule has 5 N–H and O–H groups in total. The van der Waals surface area contributed by atoms with Crippen LogP contribution in [0, 0.1) is 5.92 Å². The summed E-state index contributed by atoms with van der Waals surface area (Å²) in [4.78, 5) is 39.7. The first kappa shape index (κ1) is 21.2. The molecule has 0 aliphatic carbocycles. The standard InChI is InChI=1S/C20H26N4O4/c1-12(2)8-13(10-18(25)24-28)19(26)23-17(20(27)21-3)9-14-11-22-16-7-5-4-6-15(14)16/h4-7,10-12,17,22,28H,8-9H2,1-3H3,(H,21,27)(H,23,26)(H,24,25)/b13-10+/t17-/m0/s1. The van der Waals surface area contributed by atoms with Gasteiger partial charge in [-0.05, 0) is 24.0 Å². The number of aromatic amines is 1. The zero-order chi connectivity index (χ0) is 20.7. The number of aromatic nitrogens is 1. The average Bonchev–Trinajstić information content (AvgIpc) is 3.08. The molecule has 2 aromatic rings. The van der Waals surface area contributed by atoms with E-state index in [1.165, 1.54) is 12.5 Å². The number of amides is 3. The number of benzene rings is 1. The van der Waals surface area contributed by atoms with Crippen LogP contribution in [0.2, 0.25) is 0 Å². The number of carbonyl (C=O) groups excluding carboxylic acids is 3. The van der Waals surface area contributed by atoms with Crippen LogP contribution in [0.25, 0.3) is 10.9 Å². The molecule has 28 heavy (non-hydrogen) atoms. The van der Waals surface area contributed by atoms with E-state index in [9.17, 15) is 14.4 Å². The van der Waals surface area contributed by atoms with Crippen LogP contribution in [-0.2, 0) is 20.8 Å². The molecule has 0 saturated heterocycles. The van der Waals surface area contributed by atoms with Gasteiger partial charge in [0.1, 0.15) is 6.04 Å². The first-order valence-electron chi connectivity index (χ1n) is 9.07. The zero-order valence-electron chi connectivity index (χ0n) is 16.2. The third-order valence-electron chi connectivity index (χ3n) is 4.30. The van der Waals surface area contributed by atoms with Crippen molar-refractivity contribution >= 4 is 28.6 Å². The summed E-state index contributed by atoms with van der Waals surface area (Å²) < 4.78 is 0. The lowest BCUT2D eigenvalue weighted by atomic mass is 10.00. The van der Waals surface area contributed by atoms with Crippen LogP contribution in [0.1, 0.15) is 25.8 Å². The number of likely N-dealkylation sites (N-methyl/N-ethyl adjacent to an activating group) is 1. The van der Waals surface area contributed by atoms with Crippen molar-refractivity contribution in [1.29, 1.82) is 0 Å². The molecule has 0 aliphatic rings. The number of para-hydroxylation sites is 1. The molecule has 0 radical (unpaired) electrons. The van der Waals surface area contributed by atoms with Crippen molar-refractivity contribution in [1.82, 2.24) is 21.1 Å². The molecule has 0 saturated carbocycles. The minimum absolute atomic E-state index is 0.107. The van der Waals surface area contributed by atoms with E-state index in [-0.39, 0.29) is 23.8 Å². The Hall–Kier alpha value is -3.13. The van der Waals surface area contributed by atoms with Crippen molar-refractivity contribution in [2.45, 2.75) is 32.7 Å². The van der Waals surface area contributed by atoms with Crippen LogP contribution in [0.15, 0.2) is 42.1 Å². The molecular formula is C20H26N4O4. The van der Waals surface area contributed by atoms with Gasteiger partial charge in [0.2, 0.25) is 11.8 Å². The fourth-order valence-corrected chi connectivity index (χ4v) is 3.00. The van der Waals surface area contributed by atoms with Gasteiger partial charge in [0, 0.05) is 42.2 Å². The summed E-state index contributed by atoms with van der Waals surface area (Å²) in [6, 6.07) is 6.88. The van der Waals surface area contributed by atoms with Gasteiger partial charge in [-0.15, -0.1) is 0 Å². The van der Waals surface area contributed by atoms with Crippen LogP contribution in [-0.4, -0.2) is 41.0 Å². The molecule has 1 aromatic heterocycles. The summed E-state index contributed by atoms with van der Waals surface area (Å²) in [5.74, 6) is -1.55. The van der Waals surface area contributed by atoms with Gasteiger partial charge >= 0.3 is 0 Å². The molecular weight excluding hydrogens is 360 g/mol. The van der Waals surface area contributed by atoms with Gasteiger partial charge in [-0.3, -0.25) is 19.6 Å². The third-order valence-corrected chi connectivity index (χ3v) is 4.30. The summed E-state index contributed by atoms with van der Waals surface area (Å²) in [6.07, 6.45) is 3.47. The Kier molecular flexibility index (Phi) is 7.34. The predicted octanol–water partition coefficient (Wildman–Crippen LogP) is 1.42. The van der Waals surface area contributed by atoms with Crippen molar-refractivity contribution in [2.75, 3.05) is 7.05 Å². The molecule has 0 bridgehead atoms. The number of hydrogen-bond acceptors (Lipinski definition) is 4. The lowest BCUT2D eigenvalue weighted by Gasteiger charge is -2.19. The quantitative estimate of drug-likeness (QED) is 0.267. The van der Waals surface area contributed by atoms with E-state index in [4.69, 9.17) is 5.21 Å². The molecule has 8 heteroatoms. The van der Waals surface area contributed by atoms with Gasteiger partial charge < -0.3 is 15.6 Å². The molecule has 3 amide bonds. The summed E-state index contributed by atoms with van der Waals surface area (Å²) in [6.45, 7) is 3.81. The molecule has 0 unspecified atom stereocenters. The Balaban J connectivity index is 2.25. The van der Waals surface area contributed by atoms with E-state index >= 15 is 0 Å². The molecule has 1 atom stereocenters. The molecule has 0 aliphatic heterocycles. The summed E-state index contributed by atoms with van der Waals surface area (Å²) in [7, 11) is 1.50. The molecule has 1 aromatic carbocycles. The van der Waals surface area contributed by atoms with E-state index in [1.54, 1.807) is 0 Å². The Bertz CT molecular complexity index is 885. The highest BCUT2D eigenvalue weighted by atomic mass is 16.5. The van der Waals surface area contributed by atoms with Gasteiger partial charge in [-0.2, -0.15) is 0 Å². The van der Waals surface area contributed by atoms with E-state index in [2.05, 4.69) is 15.6 Å². The average molecular weight is 386 g/mol. The zero-order valence-corrected chi connectivity index (χ0v) is 16.2. The van der Waals surface area contributed by atoms with Crippen molar-refractivity contribution in [3.05, 3.63) is 47.7 Å². The van der Waals surface area contributed by atoms with Crippen LogP contribution >= 0.6 is 0 Å². The molecule has 2 rings (SSSR count). The second kappa shape index (κ2) is 9.70. The van der Waals surface area contributed by atoms with E-state index in [0.29, 0.717) is 6.42 Å². The van der Waals surface area contributed by atoms with Crippen molar-refractivity contribution in [3.8, 4) is 0 Å². The second-order valence-electron chi connectivity index (χ2n) is 6.95. The van der Waals surface area contributed by atoms with Crippen molar-refractivity contribution in [2.24, 2.45) is 5.92 Å². The normalized spacial score (nSPS) is 12.7. The first-order chi connectivity index (χ1) is 13.3. The lowest BCUT2D eigenvalue weighted by molar-refractivity contribution is -0.127. The van der Waals surface area contributed by atoms with Crippen molar-refractivity contribution in [3.63, 3.8) is 0 Å².